The minimum Gasteiger partial charge on any atom is -0.497 e. The summed E-state index contributed by atoms with van der Waals surface area (Å²) < 4.78 is 16.2. The van der Waals surface area contributed by atoms with Crippen LogP contribution in [-0.4, -0.2) is 33.3 Å². The van der Waals surface area contributed by atoms with Gasteiger partial charge in [0.05, 0.1) is 27.4 Å². The van der Waals surface area contributed by atoms with Crippen LogP contribution >= 0.6 is 24.0 Å². The summed E-state index contributed by atoms with van der Waals surface area (Å²) in [5.41, 5.74) is 2.18. The third-order valence-corrected chi connectivity index (χ3v) is 3.89. The molecule has 7 heteroatoms. The highest BCUT2D eigenvalue weighted by molar-refractivity contribution is 14.0. The molecule has 0 heterocycles. The molecule has 0 bridgehead atoms. The number of benzene rings is 2. The van der Waals surface area contributed by atoms with Gasteiger partial charge in [-0.05, 0) is 49.2 Å². The Morgan fingerprint density at radius 3 is 2.43 bits per heavy atom. The third-order valence-electron chi connectivity index (χ3n) is 3.89. The lowest BCUT2D eigenvalue weighted by atomic mass is 10.2. The SMILES string of the molecule is CCNC(=NCc1cccc(OC)c1)NCc1ccc(OCC)c(OC)c1.I. The summed E-state index contributed by atoms with van der Waals surface area (Å²) in [7, 11) is 3.31. The standard InChI is InChI=1S/C21H29N3O3.HI/c1-5-22-21(23-14-16-8-7-9-18(12-16)25-3)24-15-17-10-11-19(27-6-2)20(13-17)26-4;/h7-13H,5-6,14-15H2,1-4H3,(H2,22,23,24);1H. The van der Waals surface area contributed by atoms with E-state index in [0.717, 1.165) is 40.9 Å². The number of aliphatic imine (C=N–C) groups is 1. The van der Waals surface area contributed by atoms with Crippen LogP contribution in [0.2, 0.25) is 0 Å². The van der Waals surface area contributed by atoms with Gasteiger partial charge in [-0.1, -0.05) is 18.2 Å². The van der Waals surface area contributed by atoms with Gasteiger partial charge in [-0.3, -0.25) is 0 Å². The van der Waals surface area contributed by atoms with E-state index in [1.807, 2.05) is 56.3 Å². The molecule has 6 nitrogen and oxygen atoms in total. The summed E-state index contributed by atoms with van der Waals surface area (Å²) in [6, 6.07) is 13.8. The molecule has 0 unspecified atom stereocenters. The summed E-state index contributed by atoms with van der Waals surface area (Å²) in [5, 5.41) is 6.61. The number of ether oxygens (including phenoxy) is 3. The molecule has 0 saturated carbocycles. The van der Waals surface area contributed by atoms with Crippen LogP contribution in [0.3, 0.4) is 0 Å². The van der Waals surface area contributed by atoms with E-state index >= 15 is 0 Å². The maximum Gasteiger partial charge on any atom is 0.191 e. The van der Waals surface area contributed by atoms with E-state index < -0.39 is 0 Å². The molecule has 0 aliphatic rings. The van der Waals surface area contributed by atoms with Crippen molar-refractivity contribution < 1.29 is 14.2 Å². The molecular weight excluding hydrogens is 469 g/mol. The van der Waals surface area contributed by atoms with Crippen molar-refractivity contribution in [1.82, 2.24) is 10.6 Å². The second kappa shape index (κ2) is 13.1. The van der Waals surface area contributed by atoms with Crippen molar-refractivity contribution in [3.8, 4) is 17.2 Å². The number of hydrogen-bond acceptors (Lipinski definition) is 4. The fourth-order valence-corrected chi connectivity index (χ4v) is 2.57. The molecule has 2 rings (SSSR count). The lowest BCUT2D eigenvalue weighted by Gasteiger charge is -2.14. The van der Waals surface area contributed by atoms with E-state index in [0.29, 0.717) is 19.7 Å². The van der Waals surface area contributed by atoms with E-state index in [4.69, 9.17) is 14.2 Å². The van der Waals surface area contributed by atoms with Gasteiger partial charge >= 0.3 is 0 Å². The largest absolute Gasteiger partial charge is 0.497 e. The predicted octanol–water partition coefficient (Wildman–Crippen LogP) is 3.98. The quantitative estimate of drug-likeness (QED) is 0.311. The molecule has 0 fully saturated rings. The molecule has 0 amide bonds. The molecule has 0 aliphatic carbocycles. The molecule has 0 saturated heterocycles. The first-order chi connectivity index (χ1) is 13.2. The maximum absolute atomic E-state index is 5.56. The van der Waals surface area contributed by atoms with Gasteiger partial charge in [-0.15, -0.1) is 24.0 Å². The van der Waals surface area contributed by atoms with E-state index in [-0.39, 0.29) is 24.0 Å². The highest BCUT2D eigenvalue weighted by Gasteiger charge is 2.06. The van der Waals surface area contributed by atoms with Crippen molar-refractivity contribution in [1.29, 1.82) is 0 Å². The zero-order valence-electron chi connectivity index (χ0n) is 17.0. The fraction of sp³-hybridized carbons (Fsp3) is 0.381. The fourth-order valence-electron chi connectivity index (χ4n) is 2.57. The summed E-state index contributed by atoms with van der Waals surface area (Å²) >= 11 is 0. The Morgan fingerprint density at radius 1 is 0.929 bits per heavy atom. The van der Waals surface area contributed by atoms with Crippen molar-refractivity contribution in [3.63, 3.8) is 0 Å². The first-order valence-electron chi connectivity index (χ1n) is 9.15. The Morgan fingerprint density at radius 2 is 1.75 bits per heavy atom. The van der Waals surface area contributed by atoms with E-state index in [2.05, 4.69) is 15.6 Å². The minimum absolute atomic E-state index is 0. The number of methoxy groups -OCH3 is 2. The first kappa shape index (κ1) is 23.9. The molecule has 0 atom stereocenters. The van der Waals surface area contributed by atoms with Gasteiger partial charge in [-0.25, -0.2) is 4.99 Å². The number of guanidine groups is 1. The van der Waals surface area contributed by atoms with Gasteiger partial charge in [0.1, 0.15) is 5.75 Å². The Labute approximate surface area is 184 Å². The molecule has 0 aliphatic heterocycles. The van der Waals surface area contributed by atoms with Crippen molar-refractivity contribution >= 4 is 29.9 Å². The monoisotopic (exact) mass is 499 g/mol. The molecular formula is C21H30IN3O3. The van der Waals surface area contributed by atoms with Gasteiger partial charge in [0, 0.05) is 13.1 Å². The Balaban J connectivity index is 0.00000392. The van der Waals surface area contributed by atoms with Crippen LogP contribution in [-0.2, 0) is 13.1 Å². The summed E-state index contributed by atoms with van der Waals surface area (Å²) in [6.07, 6.45) is 0. The smallest absolute Gasteiger partial charge is 0.191 e. The highest BCUT2D eigenvalue weighted by atomic mass is 127. The molecule has 154 valence electrons. The van der Waals surface area contributed by atoms with Crippen molar-refractivity contribution in [2.75, 3.05) is 27.4 Å². The zero-order chi connectivity index (χ0) is 19.5. The van der Waals surface area contributed by atoms with Gasteiger partial charge in [0.25, 0.3) is 0 Å². The number of halogens is 1. The van der Waals surface area contributed by atoms with Gasteiger partial charge in [0.15, 0.2) is 17.5 Å². The third kappa shape index (κ3) is 7.46. The number of nitrogens with zero attached hydrogens (tertiary/aromatic N) is 1. The molecule has 28 heavy (non-hydrogen) atoms. The van der Waals surface area contributed by atoms with Gasteiger partial charge < -0.3 is 24.8 Å². The molecule has 0 radical (unpaired) electrons. The number of rotatable bonds is 9. The van der Waals surface area contributed by atoms with Crippen molar-refractivity contribution in [2.24, 2.45) is 4.99 Å². The molecule has 2 aromatic rings. The Kier molecular flexibility index (Phi) is 11.2. The van der Waals surface area contributed by atoms with Crippen LogP contribution < -0.4 is 24.8 Å². The van der Waals surface area contributed by atoms with Crippen LogP contribution in [0.15, 0.2) is 47.5 Å². The topological polar surface area (TPSA) is 64.1 Å². The summed E-state index contributed by atoms with van der Waals surface area (Å²) in [6.45, 7) is 6.59. The second-order valence-corrected chi connectivity index (χ2v) is 5.82. The predicted molar refractivity (Wildman–Crippen MR) is 124 cm³/mol. The molecule has 0 aromatic heterocycles. The molecule has 2 aromatic carbocycles. The zero-order valence-corrected chi connectivity index (χ0v) is 19.3. The average Bonchev–Trinajstić information content (AvgIpc) is 2.71. The maximum atomic E-state index is 5.56. The van der Waals surface area contributed by atoms with Gasteiger partial charge in [-0.2, -0.15) is 0 Å². The van der Waals surface area contributed by atoms with Crippen LogP contribution in [0.4, 0.5) is 0 Å². The van der Waals surface area contributed by atoms with Crippen LogP contribution in [0.1, 0.15) is 25.0 Å². The summed E-state index contributed by atoms with van der Waals surface area (Å²) in [5.74, 6) is 3.08. The number of nitrogens with one attached hydrogen (secondary N) is 2. The Bertz CT molecular complexity index is 753. The van der Waals surface area contributed by atoms with Crippen LogP contribution in [0.5, 0.6) is 17.2 Å². The highest BCUT2D eigenvalue weighted by Crippen LogP contribution is 2.27. The van der Waals surface area contributed by atoms with Crippen LogP contribution in [0.25, 0.3) is 0 Å². The second-order valence-electron chi connectivity index (χ2n) is 5.82. The lowest BCUT2D eigenvalue weighted by Crippen LogP contribution is -2.36. The molecule has 0 spiro atoms. The van der Waals surface area contributed by atoms with Gasteiger partial charge in [0.2, 0.25) is 0 Å². The van der Waals surface area contributed by atoms with E-state index in [1.54, 1.807) is 14.2 Å². The molecule has 2 N–H and O–H groups in total. The Hall–Kier alpha value is -2.16. The average molecular weight is 499 g/mol. The normalized spacial score (nSPS) is 10.6. The minimum atomic E-state index is 0. The van der Waals surface area contributed by atoms with Crippen LogP contribution in [0, 0.1) is 0 Å². The van der Waals surface area contributed by atoms with Crippen molar-refractivity contribution in [2.45, 2.75) is 26.9 Å². The first-order valence-corrected chi connectivity index (χ1v) is 9.15. The van der Waals surface area contributed by atoms with E-state index in [9.17, 15) is 0 Å². The van der Waals surface area contributed by atoms with Crippen molar-refractivity contribution in [3.05, 3.63) is 53.6 Å². The number of hydrogen-bond donors (Lipinski definition) is 2. The lowest BCUT2D eigenvalue weighted by molar-refractivity contribution is 0.310. The summed E-state index contributed by atoms with van der Waals surface area (Å²) in [4.78, 5) is 4.65. The van der Waals surface area contributed by atoms with E-state index in [1.165, 1.54) is 0 Å².